The molecule has 0 aliphatic carbocycles. The molecule has 0 fully saturated rings. The Labute approximate surface area is 200 Å². The third-order valence-corrected chi connectivity index (χ3v) is 5.54. The molecule has 0 aliphatic heterocycles. The molecule has 1 aromatic heterocycles. The van der Waals surface area contributed by atoms with Gasteiger partial charge in [0.2, 0.25) is 11.1 Å². The molecule has 1 heterocycles. The first kappa shape index (κ1) is 22.6. The van der Waals surface area contributed by atoms with Gasteiger partial charge in [-0.25, -0.2) is 0 Å². The van der Waals surface area contributed by atoms with Gasteiger partial charge in [0.05, 0.1) is 12.0 Å². The summed E-state index contributed by atoms with van der Waals surface area (Å²) in [6.45, 7) is 0.172. The zero-order valence-electron chi connectivity index (χ0n) is 17.5. The van der Waals surface area contributed by atoms with Crippen molar-refractivity contribution in [2.75, 3.05) is 11.1 Å². The van der Waals surface area contributed by atoms with E-state index in [2.05, 4.69) is 20.6 Å². The Morgan fingerprint density at radius 2 is 1.70 bits per heavy atom. The minimum atomic E-state index is -0.149. The number of carbonyl (C=O) groups is 1. The molecule has 0 spiro atoms. The molecular weight excluding hydrogens is 458 g/mol. The standard InChI is InChI=1S/C24H20ClN5O2S/c25-19-13-11-18(12-14-19)15-26-30-22(16-32-21-9-5-2-6-10-21)28-29-24(30)33-17-23(31)27-20-7-3-1-4-8-20/h1-15H,16-17H2,(H,27,31). The maximum atomic E-state index is 12.4. The highest BCUT2D eigenvalue weighted by Crippen LogP contribution is 2.19. The maximum absolute atomic E-state index is 12.4. The smallest absolute Gasteiger partial charge is 0.234 e. The number of nitrogens with one attached hydrogen (secondary N) is 1. The van der Waals surface area contributed by atoms with Crippen LogP contribution in [0, 0.1) is 0 Å². The number of aromatic nitrogens is 3. The second-order valence-corrected chi connectivity index (χ2v) is 8.19. The van der Waals surface area contributed by atoms with Crippen molar-refractivity contribution in [1.82, 2.24) is 14.9 Å². The van der Waals surface area contributed by atoms with Gasteiger partial charge < -0.3 is 10.1 Å². The number of benzene rings is 3. The first-order valence-corrected chi connectivity index (χ1v) is 11.4. The van der Waals surface area contributed by atoms with Crippen molar-refractivity contribution in [3.05, 3.63) is 101 Å². The van der Waals surface area contributed by atoms with Gasteiger partial charge in [0.15, 0.2) is 5.82 Å². The minimum Gasteiger partial charge on any atom is -0.486 e. The van der Waals surface area contributed by atoms with E-state index in [1.54, 1.807) is 23.0 Å². The second kappa shape index (κ2) is 11.3. The number of anilines is 1. The van der Waals surface area contributed by atoms with Crippen LogP contribution in [0.5, 0.6) is 5.75 Å². The van der Waals surface area contributed by atoms with Crippen LogP contribution in [0.4, 0.5) is 5.69 Å². The minimum absolute atomic E-state index is 0.149. The molecule has 0 saturated heterocycles. The lowest BCUT2D eigenvalue weighted by atomic mass is 10.2. The summed E-state index contributed by atoms with van der Waals surface area (Å²) in [6, 6.07) is 26.0. The van der Waals surface area contributed by atoms with Gasteiger partial charge in [-0.2, -0.15) is 9.78 Å². The monoisotopic (exact) mass is 477 g/mol. The van der Waals surface area contributed by atoms with Gasteiger partial charge in [-0.15, -0.1) is 10.2 Å². The summed E-state index contributed by atoms with van der Waals surface area (Å²) >= 11 is 7.20. The van der Waals surface area contributed by atoms with Crippen LogP contribution in [-0.2, 0) is 11.4 Å². The molecule has 0 unspecified atom stereocenters. The molecule has 33 heavy (non-hydrogen) atoms. The topological polar surface area (TPSA) is 81.4 Å². The lowest BCUT2D eigenvalue weighted by molar-refractivity contribution is -0.113. The van der Waals surface area contributed by atoms with E-state index >= 15 is 0 Å². The first-order valence-electron chi connectivity index (χ1n) is 10.1. The van der Waals surface area contributed by atoms with E-state index in [0.717, 1.165) is 11.3 Å². The molecular formula is C24H20ClN5O2S. The van der Waals surface area contributed by atoms with E-state index in [1.807, 2.05) is 72.8 Å². The molecule has 0 bridgehead atoms. The van der Waals surface area contributed by atoms with Crippen LogP contribution in [0.1, 0.15) is 11.4 Å². The summed E-state index contributed by atoms with van der Waals surface area (Å²) in [5.74, 6) is 1.23. The predicted octanol–water partition coefficient (Wildman–Crippen LogP) is 5.12. The van der Waals surface area contributed by atoms with Crippen molar-refractivity contribution >= 4 is 41.2 Å². The second-order valence-electron chi connectivity index (χ2n) is 6.81. The quantitative estimate of drug-likeness (QED) is 0.267. The van der Waals surface area contributed by atoms with Gasteiger partial charge in [-0.1, -0.05) is 71.9 Å². The van der Waals surface area contributed by atoms with Crippen molar-refractivity contribution in [1.29, 1.82) is 0 Å². The first-order chi connectivity index (χ1) is 16.2. The normalized spacial score (nSPS) is 10.9. The molecule has 4 rings (SSSR count). The van der Waals surface area contributed by atoms with E-state index in [1.165, 1.54) is 11.8 Å². The predicted molar refractivity (Wildman–Crippen MR) is 131 cm³/mol. The van der Waals surface area contributed by atoms with Crippen LogP contribution in [0.15, 0.2) is 95.2 Å². The number of halogens is 1. The third-order valence-electron chi connectivity index (χ3n) is 4.37. The van der Waals surface area contributed by atoms with Crippen LogP contribution in [0.25, 0.3) is 0 Å². The molecule has 7 nitrogen and oxygen atoms in total. The fourth-order valence-electron chi connectivity index (χ4n) is 2.78. The highest BCUT2D eigenvalue weighted by molar-refractivity contribution is 7.99. The highest BCUT2D eigenvalue weighted by atomic mass is 35.5. The van der Waals surface area contributed by atoms with Crippen LogP contribution >= 0.6 is 23.4 Å². The number of carbonyl (C=O) groups excluding carboxylic acids is 1. The number of hydrogen-bond donors (Lipinski definition) is 1. The summed E-state index contributed by atoms with van der Waals surface area (Å²) in [6.07, 6.45) is 1.68. The number of thioether (sulfide) groups is 1. The van der Waals surface area contributed by atoms with E-state index < -0.39 is 0 Å². The van der Waals surface area contributed by atoms with Crippen LogP contribution < -0.4 is 10.1 Å². The number of rotatable bonds is 9. The molecule has 0 aliphatic rings. The Kier molecular flexibility index (Phi) is 7.73. The molecule has 166 valence electrons. The average molecular weight is 478 g/mol. The zero-order valence-corrected chi connectivity index (χ0v) is 19.0. The van der Waals surface area contributed by atoms with Crippen molar-refractivity contribution in [2.24, 2.45) is 5.10 Å². The van der Waals surface area contributed by atoms with E-state index in [-0.39, 0.29) is 18.3 Å². The highest BCUT2D eigenvalue weighted by Gasteiger charge is 2.15. The lowest BCUT2D eigenvalue weighted by Gasteiger charge is -2.07. The lowest BCUT2D eigenvalue weighted by Crippen LogP contribution is -2.14. The molecule has 0 radical (unpaired) electrons. The fraction of sp³-hybridized carbons (Fsp3) is 0.0833. The van der Waals surface area contributed by atoms with Crippen molar-refractivity contribution in [3.63, 3.8) is 0 Å². The van der Waals surface area contributed by atoms with Gasteiger partial charge in [0, 0.05) is 10.7 Å². The van der Waals surface area contributed by atoms with Gasteiger partial charge in [0.25, 0.3) is 0 Å². The molecule has 1 amide bonds. The van der Waals surface area contributed by atoms with Crippen molar-refractivity contribution in [2.45, 2.75) is 11.8 Å². The van der Waals surface area contributed by atoms with Gasteiger partial charge in [0.1, 0.15) is 12.4 Å². The molecule has 0 saturated carbocycles. The van der Waals surface area contributed by atoms with E-state index in [4.69, 9.17) is 16.3 Å². The number of nitrogens with zero attached hydrogens (tertiary/aromatic N) is 4. The van der Waals surface area contributed by atoms with E-state index in [0.29, 0.717) is 21.8 Å². The summed E-state index contributed by atoms with van der Waals surface area (Å²) < 4.78 is 7.40. The Bertz CT molecular complexity index is 1210. The van der Waals surface area contributed by atoms with Crippen LogP contribution in [-0.4, -0.2) is 32.7 Å². The molecule has 4 aromatic rings. The number of amides is 1. The SMILES string of the molecule is O=C(CSc1nnc(COc2ccccc2)n1N=Cc1ccc(Cl)cc1)Nc1ccccc1. The molecule has 3 aromatic carbocycles. The Hall–Kier alpha value is -3.62. The van der Waals surface area contributed by atoms with E-state index in [9.17, 15) is 4.79 Å². The summed E-state index contributed by atoms with van der Waals surface area (Å²) in [5, 5.41) is 17.0. The molecule has 1 N–H and O–H groups in total. The van der Waals surface area contributed by atoms with Crippen molar-refractivity contribution < 1.29 is 9.53 Å². The summed E-state index contributed by atoms with van der Waals surface area (Å²) in [5.41, 5.74) is 1.60. The number of para-hydroxylation sites is 2. The Morgan fingerprint density at radius 1 is 1.00 bits per heavy atom. The van der Waals surface area contributed by atoms with Crippen LogP contribution in [0.3, 0.4) is 0 Å². The van der Waals surface area contributed by atoms with Crippen molar-refractivity contribution in [3.8, 4) is 5.75 Å². The molecule has 9 heteroatoms. The maximum Gasteiger partial charge on any atom is 0.234 e. The summed E-state index contributed by atoms with van der Waals surface area (Å²) in [7, 11) is 0. The van der Waals surface area contributed by atoms with Gasteiger partial charge >= 0.3 is 0 Å². The molecule has 0 atom stereocenters. The Morgan fingerprint density at radius 3 is 2.42 bits per heavy atom. The average Bonchev–Trinajstić information content (AvgIpc) is 3.24. The largest absolute Gasteiger partial charge is 0.486 e. The van der Waals surface area contributed by atoms with Gasteiger partial charge in [-0.05, 0) is 42.0 Å². The number of ether oxygens (including phenoxy) is 1. The third kappa shape index (κ3) is 6.68. The summed E-state index contributed by atoms with van der Waals surface area (Å²) in [4.78, 5) is 12.4. The number of hydrogen-bond acceptors (Lipinski definition) is 6. The fourth-order valence-corrected chi connectivity index (χ4v) is 3.61. The van der Waals surface area contributed by atoms with Gasteiger partial charge in [-0.3, -0.25) is 4.79 Å². The van der Waals surface area contributed by atoms with Crippen LogP contribution in [0.2, 0.25) is 5.02 Å². The zero-order chi connectivity index (χ0) is 22.9. The Balaban J connectivity index is 1.49.